The van der Waals surface area contributed by atoms with Crippen molar-refractivity contribution in [3.8, 4) is 0 Å². The van der Waals surface area contributed by atoms with Gasteiger partial charge in [0, 0.05) is 62.0 Å². The quantitative estimate of drug-likeness (QED) is 0.0780. The van der Waals surface area contributed by atoms with Crippen LogP contribution in [-0.2, 0) is 6.54 Å². The molecular weight excluding hydrogens is 677 g/mol. The van der Waals surface area contributed by atoms with Crippen molar-refractivity contribution in [2.45, 2.75) is 71.8 Å². The van der Waals surface area contributed by atoms with E-state index in [1.165, 1.54) is 27.5 Å². The summed E-state index contributed by atoms with van der Waals surface area (Å²) in [5, 5.41) is 16.9. The minimum Gasteiger partial charge on any atom is -0.370 e. The molecule has 1 aliphatic carbocycles. The van der Waals surface area contributed by atoms with Crippen LogP contribution in [0.15, 0.2) is 115 Å². The Hall–Kier alpha value is -5.50. The third-order valence-corrected chi connectivity index (χ3v) is 10.5. The van der Waals surface area contributed by atoms with Gasteiger partial charge in [0.15, 0.2) is 0 Å². The van der Waals surface area contributed by atoms with Gasteiger partial charge in [0.1, 0.15) is 11.6 Å². The molecule has 0 bridgehead atoms. The second kappa shape index (κ2) is 17.3. The molecule has 0 saturated heterocycles. The number of anilines is 4. The molecule has 7 rings (SSSR count). The summed E-state index contributed by atoms with van der Waals surface area (Å²) in [4.78, 5) is 20.6. The second-order valence-electron chi connectivity index (χ2n) is 16.2. The highest BCUT2D eigenvalue weighted by Gasteiger charge is 2.54. The fourth-order valence-corrected chi connectivity index (χ4v) is 7.81. The van der Waals surface area contributed by atoms with E-state index >= 15 is 0 Å². The smallest absolute Gasteiger partial charge is 0.225 e. The third-order valence-electron chi connectivity index (χ3n) is 10.5. The Morgan fingerprint density at radius 2 is 0.909 bits per heavy atom. The molecule has 0 unspecified atom stereocenters. The number of rotatable bonds is 16. The van der Waals surface area contributed by atoms with Crippen LogP contribution >= 0.6 is 0 Å². The largest absolute Gasteiger partial charge is 0.370 e. The highest BCUT2D eigenvalue weighted by Crippen LogP contribution is 2.66. The Bertz CT molecular complexity index is 2070. The van der Waals surface area contributed by atoms with Crippen molar-refractivity contribution < 1.29 is 0 Å². The van der Waals surface area contributed by atoms with E-state index in [-0.39, 0.29) is 23.7 Å². The van der Waals surface area contributed by atoms with Crippen LogP contribution in [0.5, 0.6) is 0 Å². The monoisotopic (exact) mass is 732 g/mol. The number of hydrogen-bond donors (Lipinski definition) is 4. The molecule has 8 nitrogen and oxygen atoms in total. The zero-order valence-corrected chi connectivity index (χ0v) is 33.1. The molecule has 0 radical (unpaired) electrons. The minimum atomic E-state index is 0.0598. The summed E-state index contributed by atoms with van der Waals surface area (Å²) >= 11 is 0. The van der Waals surface area contributed by atoms with Gasteiger partial charge in [-0.15, -0.1) is 0 Å². The van der Waals surface area contributed by atoms with Crippen LogP contribution in [0.2, 0.25) is 0 Å². The van der Waals surface area contributed by atoms with Crippen LogP contribution in [0.3, 0.4) is 0 Å². The lowest BCUT2D eigenvalue weighted by Crippen LogP contribution is -2.41. The van der Waals surface area contributed by atoms with Crippen LogP contribution in [0.25, 0.3) is 10.8 Å². The Balaban J connectivity index is 1.34. The van der Waals surface area contributed by atoms with Gasteiger partial charge in [-0.2, -0.15) is 9.97 Å². The van der Waals surface area contributed by atoms with Crippen LogP contribution in [-0.4, -0.2) is 39.6 Å². The molecule has 1 saturated carbocycles. The van der Waals surface area contributed by atoms with Gasteiger partial charge in [-0.05, 0) is 45.2 Å². The predicted octanol–water partition coefficient (Wildman–Crippen LogP) is 10.7. The van der Waals surface area contributed by atoms with E-state index in [9.17, 15) is 0 Å². The van der Waals surface area contributed by atoms with Crippen molar-refractivity contribution in [2.24, 2.45) is 17.8 Å². The van der Waals surface area contributed by atoms with E-state index in [1.807, 2.05) is 0 Å². The van der Waals surface area contributed by atoms with Crippen LogP contribution in [0, 0.1) is 17.8 Å². The maximum atomic E-state index is 5.37. The SMILES string of the molecule is CC(C)CNc1cc(C2[C@H](c3ccccc3)C(c3cc(NCC(C)C)nc(NCC(C)C)n3)[C@H]2c2ccccc2)nc(NCc2cccc3ccccc23)n1. The van der Waals surface area contributed by atoms with Gasteiger partial charge in [-0.25, -0.2) is 9.97 Å². The lowest BCUT2D eigenvalue weighted by Gasteiger charge is -2.52. The molecule has 0 aliphatic heterocycles. The summed E-state index contributed by atoms with van der Waals surface area (Å²) < 4.78 is 0. The number of fused-ring (bicyclic) bond motifs is 1. The number of hydrogen-bond acceptors (Lipinski definition) is 8. The fourth-order valence-electron chi connectivity index (χ4n) is 7.81. The zero-order chi connectivity index (χ0) is 38.3. The van der Waals surface area contributed by atoms with Crippen molar-refractivity contribution >= 4 is 34.3 Å². The predicted molar refractivity (Wildman–Crippen MR) is 229 cm³/mol. The van der Waals surface area contributed by atoms with E-state index in [4.69, 9.17) is 19.9 Å². The average molecular weight is 733 g/mol. The summed E-state index contributed by atoms with van der Waals surface area (Å²) in [6.45, 7) is 16.4. The molecule has 0 spiro atoms. The van der Waals surface area contributed by atoms with Gasteiger partial charge in [-0.3, -0.25) is 0 Å². The van der Waals surface area contributed by atoms with Gasteiger partial charge in [0.2, 0.25) is 11.9 Å². The molecule has 8 heteroatoms. The second-order valence-corrected chi connectivity index (χ2v) is 16.2. The normalized spacial score (nSPS) is 18.1. The summed E-state index contributed by atoms with van der Waals surface area (Å²) in [7, 11) is 0. The summed E-state index contributed by atoms with van der Waals surface area (Å²) in [6, 6.07) is 41.2. The standard InChI is InChI=1S/C47H56N8/c1-30(2)26-48-40-24-38(52-46(54-40)50-28-32(5)6)44-42(34-17-9-7-10-18-34)45(43(44)35-19-11-8-12-20-35)39-25-41(49-27-31(3)4)55-47(53-39)51-29-36-22-15-21-33-16-13-14-23-37(33)36/h7-25,30-32,42-45H,26-29H2,1-6H3,(H2,48,50,52,54)(H2,49,51,53,55)/t42-,43-,44?,45?/m1/s1. The first-order valence-corrected chi connectivity index (χ1v) is 20.0. The fraction of sp³-hybridized carbons (Fsp3) is 0.362. The molecule has 6 aromatic rings. The highest BCUT2D eigenvalue weighted by molar-refractivity contribution is 5.85. The maximum Gasteiger partial charge on any atom is 0.225 e. The molecule has 2 atom stereocenters. The van der Waals surface area contributed by atoms with Crippen molar-refractivity contribution in [3.05, 3.63) is 143 Å². The van der Waals surface area contributed by atoms with E-state index < -0.39 is 0 Å². The molecule has 4 aromatic carbocycles. The van der Waals surface area contributed by atoms with Gasteiger partial charge < -0.3 is 21.3 Å². The summed E-state index contributed by atoms with van der Waals surface area (Å²) in [5.74, 6) is 4.74. The minimum absolute atomic E-state index is 0.0598. The maximum absolute atomic E-state index is 5.37. The molecule has 0 amide bonds. The lowest BCUT2D eigenvalue weighted by atomic mass is 9.50. The first kappa shape index (κ1) is 37.8. The van der Waals surface area contributed by atoms with Gasteiger partial charge in [0.05, 0.1) is 11.4 Å². The van der Waals surface area contributed by atoms with Crippen molar-refractivity contribution in [2.75, 3.05) is 40.9 Å². The summed E-state index contributed by atoms with van der Waals surface area (Å²) in [6.07, 6.45) is 0. The van der Waals surface area contributed by atoms with Gasteiger partial charge >= 0.3 is 0 Å². The molecule has 55 heavy (non-hydrogen) atoms. The molecular formula is C47H56N8. The Labute approximate surface area is 327 Å². The van der Waals surface area contributed by atoms with E-state index in [2.05, 4.69) is 178 Å². The van der Waals surface area contributed by atoms with Crippen molar-refractivity contribution in [1.29, 1.82) is 0 Å². The zero-order valence-electron chi connectivity index (χ0n) is 33.1. The van der Waals surface area contributed by atoms with Gasteiger partial charge in [-0.1, -0.05) is 145 Å². The first-order valence-electron chi connectivity index (χ1n) is 20.0. The van der Waals surface area contributed by atoms with Crippen molar-refractivity contribution in [3.63, 3.8) is 0 Å². The van der Waals surface area contributed by atoms with Crippen LogP contribution in [0.4, 0.5) is 23.5 Å². The van der Waals surface area contributed by atoms with E-state index in [1.54, 1.807) is 0 Å². The third kappa shape index (κ3) is 9.07. The topological polar surface area (TPSA) is 99.7 Å². The first-order chi connectivity index (χ1) is 26.7. The summed E-state index contributed by atoms with van der Waals surface area (Å²) in [5.41, 5.74) is 5.82. The Kier molecular flexibility index (Phi) is 11.9. The van der Waals surface area contributed by atoms with Gasteiger partial charge in [0.25, 0.3) is 0 Å². The highest BCUT2D eigenvalue weighted by atomic mass is 15.2. The average Bonchev–Trinajstić information content (AvgIpc) is 3.18. The molecule has 4 N–H and O–H groups in total. The Morgan fingerprint density at radius 1 is 0.455 bits per heavy atom. The van der Waals surface area contributed by atoms with Crippen molar-refractivity contribution in [1.82, 2.24) is 19.9 Å². The molecule has 284 valence electrons. The van der Waals surface area contributed by atoms with E-state index in [0.717, 1.165) is 42.7 Å². The number of aromatic nitrogens is 4. The lowest BCUT2D eigenvalue weighted by molar-refractivity contribution is 0.220. The molecule has 1 fully saturated rings. The molecule has 1 aliphatic rings. The van der Waals surface area contributed by atoms with Crippen LogP contribution in [0.1, 0.15) is 93.3 Å². The van der Waals surface area contributed by atoms with E-state index in [0.29, 0.717) is 36.2 Å². The molecule has 2 heterocycles. The van der Waals surface area contributed by atoms with Crippen LogP contribution < -0.4 is 21.3 Å². The number of benzene rings is 4. The number of nitrogens with zero attached hydrogens (tertiary/aromatic N) is 4. The number of nitrogens with one attached hydrogen (secondary N) is 4. The molecule has 2 aromatic heterocycles. The Morgan fingerprint density at radius 3 is 1.44 bits per heavy atom.